The Morgan fingerprint density at radius 1 is 1.31 bits per heavy atom. The lowest BCUT2D eigenvalue weighted by molar-refractivity contribution is -0.123. The summed E-state index contributed by atoms with van der Waals surface area (Å²) >= 11 is 0. The highest BCUT2D eigenvalue weighted by Crippen LogP contribution is 2.11. The largest absolute Gasteiger partial charge is 0.389 e. The SMILES string of the molecule is CNC(=O)C(CC(C)C)NC(C)C(C)(C)O. The summed E-state index contributed by atoms with van der Waals surface area (Å²) in [5, 5.41) is 15.7. The van der Waals surface area contributed by atoms with Crippen LogP contribution in [0.2, 0.25) is 0 Å². The van der Waals surface area contributed by atoms with Crippen molar-refractivity contribution in [1.82, 2.24) is 10.6 Å². The maximum Gasteiger partial charge on any atom is 0.236 e. The van der Waals surface area contributed by atoms with E-state index in [9.17, 15) is 9.90 Å². The first kappa shape index (κ1) is 15.4. The lowest BCUT2D eigenvalue weighted by atomic mass is 9.97. The normalized spacial score (nSPS) is 16.0. The summed E-state index contributed by atoms with van der Waals surface area (Å²) in [5.41, 5.74) is -0.830. The zero-order chi connectivity index (χ0) is 12.9. The number of hydrogen-bond donors (Lipinski definition) is 3. The molecule has 0 saturated carbocycles. The van der Waals surface area contributed by atoms with Crippen LogP contribution in [0.25, 0.3) is 0 Å². The summed E-state index contributed by atoms with van der Waals surface area (Å²) in [6, 6.07) is -0.375. The molecular formula is C12H26N2O2. The van der Waals surface area contributed by atoms with Crippen molar-refractivity contribution in [2.24, 2.45) is 5.92 Å². The molecule has 4 heteroatoms. The van der Waals surface area contributed by atoms with Crippen molar-refractivity contribution in [2.75, 3.05) is 7.05 Å². The minimum absolute atomic E-state index is 0.0233. The Labute approximate surface area is 98.8 Å². The third kappa shape index (κ3) is 5.47. The van der Waals surface area contributed by atoms with E-state index in [4.69, 9.17) is 0 Å². The highest BCUT2D eigenvalue weighted by molar-refractivity contribution is 5.81. The molecule has 3 N–H and O–H groups in total. The van der Waals surface area contributed by atoms with E-state index in [1.165, 1.54) is 0 Å². The molecule has 0 aliphatic carbocycles. The standard InChI is InChI=1S/C12H26N2O2/c1-8(2)7-10(11(15)13-6)14-9(3)12(4,5)16/h8-10,14,16H,7H2,1-6H3,(H,13,15). The number of carbonyl (C=O) groups excluding carboxylic acids is 1. The zero-order valence-corrected chi connectivity index (χ0v) is 11.3. The van der Waals surface area contributed by atoms with Crippen LogP contribution in [-0.2, 0) is 4.79 Å². The van der Waals surface area contributed by atoms with Gasteiger partial charge in [0.25, 0.3) is 0 Å². The molecule has 0 aromatic heterocycles. The van der Waals surface area contributed by atoms with Gasteiger partial charge in [0.05, 0.1) is 11.6 Å². The van der Waals surface area contributed by atoms with Crippen molar-refractivity contribution < 1.29 is 9.90 Å². The monoisotopic (exact) mass is 230 g/mol. The molecule has 0 aromatic rings. The summed E-state index contributed by atoms with van der Waals surface area (Å²) in [6.07, 6.45) is 0.764. The van der Waals surface area contributed by atoms with Crippen LogP contribution < -0.4 is 10.6 Å². The minimum atomic E-state index is -0.830. The van der Waals surface area contributed by atoms with Gasteiger partial charge in [0.1, 0.15) is 0 Å². The van der Waals surface area contributed by atoms with Crippen molar-refractivity contribution in [3.8, 4) is 0 Å². The third-order valence-corrected chi connectivity index (χ3v) is 2.78. The maximum atomic E-state index is 11.7. The van der Waals surface area contributed by atoms with Crippen LogP contribution in [-0.4, -0.2) is 35.7 Å². The molecule has 2 unspecified atom stereocenters. The van der Waals surface area contributed by atoms with Crippen molar-refractivity contribution in [3.63, 3.8) is 0 Å². The maximum absolute atomic E-state index is 11.7. The molecule has 0 aliphatic rings. The van der Waals surface area contributed by atoms with Crippen molar-refractivity contribution in [1.29, 1.82) is 0 Å². The van der Waals surface area contributed by atoms with Gasteiger partial charge in [-0.2, -0.15) is 0 Å². The Hall–Kier alpha value is -0.610. The third-order valence-electron chi connectivity index (χ3n) is 2.78. The van der Waals surface area contributed by atoms with E-state index in [1.54, 1.807) is 20.9 Å². The van der Waals surface area contributed by atoms with Gasteiger partial charge in [0.2, 0.25) is 5.91 Å². The summed E-state index contributed by atoms with van der Waals surface area (Å²) < 4.78 is 0. The molecule has 2 atom stereocenters. The molecule has 0 spiro atoms. The van der Waals surface area contributed by atoms with Crippen LogP contribution in [0.4, 0.5) is 0 Å². The van der Waals surface area contributed by atoms with Crippen LogP contribution >= 0.6 is 0 Å². The lowest BCUT2D eigenvalue weighted by Crippen LogP contribution is -2.53. The molecule has 0 aromatic carbocycles. The van der Waals surface area contributed by atoms with E-state index in [0.717, 1.165) is 6.42 Å². The second kappa shape index (κ2) is 6.21. The van der Waals surface area contributed by atoms with Crippen LogP contribution in [0, 0.1) is 5.92 Å². The predicted molar refractivity (Wildman–Crippen MR) is 66.2 cm³/mol. The minimum Gasteiger partial charge on any atom is -0.389 e. The number of amides is 1. The van der Waals surface area contributed by atoms with E-state index in [1.807, 2.05) is 6.92 Å². The van der Waals surface area contributed by atoms with Crippen LogP contribution in [0.1, 0.15) is 41.0 Å². The fourth-order valence-corrected chi connectivity index (χ4v) is 1.40. The molecule has 4 nitrogen and oxygen atoms in total. The quantitative estimate of drug-likeness (QED) is 0.635. The van der Waals surface area contributed by atoms with Gasteiger partial charge in [-0.3, -0.25) is 4.79 Å². The first-order chi connectivity index (χ1) is 7.18. The van der Waals surface area contributed by atoms with E-state index in [0.29, 0.717) is 5.92 Å². The average molecular weight is 230 g/mol. The Morgan fingerprint density at radius 2 is 1.81 bits per heavy atom. The van der Waals surface area contributed by atoms with Gasteiger partial charge in [-0.1, -0.05) is 13.8 Å². The Kier molecular flexibility index (Phi) is 5.97. The van der Waals surface area contributed by atoms with Gasteiger partial charge >= 0.3 is 0 Å². The van der Waals surface area contributed by atoms with Crippen LogP contribution in [0.3, 0.4) is 0 Å². The number of likely N-dealkylation sites (N-methyl/N-ethyl adjacent to an activating group) is 1. The number of aliphatic hydroxyl groups is 1. The van der Waals surface area contributed by atoms with Gasteiger partial charge < -0.3 is 15.7 Å². The summed E-state index contributed by atoms with van der Waals surface area (Å²) in [6.45, 7) is 9.51. The molecular weight excluding hydrogens is 204 g/mol. The molecule has 0 fully saturated rings. The van der Waals surface area contributed by atoms with Crippen molar-refractivity contribution in [2.45, 2.75) is 58.7 Å². The van der Waals surface area contributed by atoms with Crippen molar-refractivity contribution in [3.05, 3.63) is 0 Å². The van der Waals surface area contributed by atoms with Gasteiger partial charge in [0.15, 0.2) is 0 Å². The molecule has 96 valence electrons. The number of carbonyl (C=O) groups is 1. The summed E-state index contributed by atoms with van der Waals surface area (Å²) in [7, 11) is 1.63. The smallest absolute Gasteiger partial charge is 0.236 e. The van der Waals surface area contributed by atoms with E-state index < -0.39 is 5.60 Å². The topological polar surface area (TPSA) is 61.4 Å². The van der Waals surface area contributed by atoms with Gasteiger partial charge in [0, 0.05) is 13.1 Å². The summed E-state index contributed by atoms with van der Waals surface area (Å²) in [5.74, 6) is 0.411. The van der Waals surface area contributed by atoms with Gasteiger partial charge in [-0.05, 0) is 33.1 Å². The fraction of sp³-hybridized carbons (Fsp3) is 0.917. The van der Waals surface area contributed by atoms with Crippen molar-refractivity contribution >= 4 is 5.91 Å². The van der Waals surface area contributed by atoms with E-state index in [-0.39, 0.29) is 18.0 Å². The van der Waals surface area contributed by atoms with Gasteiger partial charge in [-0.15, -0.1) is 0 Å². The average Bonchev–Trinajstić information content (AvgIpc) is 2.13. The molecule has 0 heterocycles. The fourth-order valence-electron chi connectivity index (χ4n) is 1.40. The Bertz CT molecular complexity index is 222. The highest BCUT2D eigenvalue weighted by atomic mass is 16.3. The van der Waals surface area contributed by atoms with Gasteiger partial charge in [-0.25, -0.2) is 0 Å². The molecule has 0 bridgehead atoms. The highest BCUT2D eigenvalue weighted by Gasteiger charge is 2.27. The zero-order valence-electron chi connectivity index (χ0n) is 11.3. The first-order valence-corrected chi connectivity index (χ1v) is 5.88. The molecule has 0 aliphatic heterocycles. The van der Waals surface area contributed by atoms with Crippen LogP contribution in [0.5, 0.6) is 0 Å². The molecule has 0 radical (unpaired) electrons. The number of hydrogen-bond acceptors (Lipinski definition) is 3. The Balaban J connectivity index is 4.49. The first-order valence-electron chi connectivity index (χ1n) is 5.88. The second-order valence-electron chi connectivity index (χ2n) is 5.34. The molecule has 0 saturated heterocycles. The van der Waals surface area contributed by atoms with Crippen LogP contribution in [0.15, 0.2) is 0 Å². The lowest BCUT2D eigenvalue weighted by Gasteiger charge is -2.31. The predicted octanol–water partition coefficient (Wildman–Crippen LogP) is 0.896. The Morgan fingerprint density at radius 3 is 2.12 bits per heavy atom. The van der Waals surface area contributed by atoms with E-state index >= 15 is 0 Å². The summed E-state index contributed by atoms with van der Waals surface area (Å²) in [4.78, 5) is 11.7. The number of nitrogens with one attached hydrogen (secondary N) is 2. The van der Waals surface area contributed by atoms with E-state index in [2.05, 4.69) is 24.5 Å². The molecule has 1 amide bonds. The molecule has 0 rings (SSSR count). The second-order valence-corrected chi connectivity index (χ2v) is 5.34. The molecule has 16 heavy (non-hydrogen) atoms. The number of rotatable bonds is 6.